The molecular weight excluding hydrogens is 220 g/mol. The summed E-state index contributed by atoms with van der Waals surface area (Å²) < 4.78 is 5.53. The molecule has 0 aliphatic carbocycles. The molecule has 1 aromatic carbocycles. The summed E-state index contributed by atoms with van der Waals surface area (Å²) in [7, 11) is 0. The number of benzene rings is 1. The number of hydrogen-bond donors (Lipinski definition) is 0. The Morgan fingerprint density at radius 3 is 2.83 bits per heavy atom. The third kappa shape index (κ3) is 4.13. The van der Waals surface area contributed by atoms with Crippen molar-refractivity contribution in [2.75, 3.05) is 6.61 Å². The SMILES string of the molecule is CCCCCC(CCC1CCO1)c1[c]cccc1. The minimum Gasteiger partial charge on any atom is -0.378 e. The molecule has 1 heteroatoms. The van der Waals surface area contributed by atoms with Crippen LogP contribution < -0.4 is 0 Å². The van der Waals surface area contributed by atoms with Crippen molar-refractivity contribution in [2.24, 2.45) is 0 Å². The zero-order valence-corrected chi connectivity index (χ0v) is 11.5. The van der Waals surface area contributed by atoms with Gasteiger partial charge in [0.1, 0.15) is 0 Å². The maximum Gasteiger partial charge on any atom is 0.0597 e. The van der Waals surface area contributed by atoms with Gasteiger partial charge in [0.15, 0.2) is 0 Å². The van der Waals surface area contributed by atoms with Gasteiger partial charge < -0.3 is 4.74 Å². The highest BCUT2D eigenvalue weighted by atomic mass is 16.5. The first-order valence-electron chi connectivity index (χ1n) is 7.48. The van der Waals surface area contributed by atoms with E-state index in [9.17, 15) is 0 Å². The molecule has 0 aromatic heterocycles. The molecule has 1 aromatic rings. The van der Waals surface area contributed by atoms with Crippen LogP contribution in [0.15, 0.2) is 24.3 Å². The molecular formula is C17H25O. The van der Waals surface area contributed by atoms with Crippen LogP contribution in [-0.4, -0.2) is 12.7 Å². The Bertz CT molecular complexity index is 316. The Hall–Kier alpha value is -0.820. The van der Waals surface area contributed by atoms with Crippen LogP contribution in [0.2, 0.25) is 0 Å². The van der Waals surface area contributed by atoms with Crippen molar-refractivity contribution in [1.29, 1.82) is 0 Å². The maximum absolute atomic E-state index is 5.53. The predicted molar refractivity (Wildman–Crippen MR) is 75.8 cm³/mol. The third-order valence-electron chi connectivity index (χ3n) is 3.96. The van der Waals surface area contributed by atoms with Gasteiger partial charge in [0.05, 0.1) is 6.10 Å². The average molecular weight is 245 g/mol. The van der Waals surface area contributed by atoms with Crippen molar-refractivity contribution in [3.05, 3.63) is 35.9 Å². The average Bonchev–Trinajstić information content (AvgIpc) is 2.36. The molecule has 2 unspecified atom stereocenters. The van der Waals surface area contributed by atoms with Crippen LogP contribution in [-0.2, 0) is 4.74 Å². The van der Waals surface area contributed by atoms with Crippen molar-refractivity contribution in [2.45, 2.75) is 63.9 Å². The van der Waals surface area contributed by atoms with E-state index in [0.29, 0.717) is 12.0 Å². The zero-order chi connectivity index (χ0) is 12.6. The Kier molecular flexibility index (Phi) is 5.73. The van der Waals surface area contributed by atoms with Gasteiger partial charge in [-0.15, -0.1) is 0 Å². The molecule has 0 N–H and O–H groups in total. The summed E-state index contributed by atoms with van der Waals surface area (Å²) >= 11 is 0. The lowest BCUT2D eigenvalue weighted by Gasteiger charge is -2.28. The Morgan fingerprint density at radius 2 is 2.22 bits per heavy atom. The molecule has 0 saturated carbocycles. The first kappa shape index (κ1) is 13.6. The van der Waals surface area contributed by atoms with Crippen molar-refractivity contribution in [3.8, 4) is 0 Å². The number of hydrogen-bond acceptors (Lipinski definition) is 1. The van der Waals surface area contributed by atoms with Crippen LogP contribution in [0.5, 0.6) is 0 Å². The van der Waals surface area contributed by atoms with Gasteiger partial charge in [0.25, 0.3) is 0 Å². The van der Waals surface area contributed by atoms with Crippen LogP contribution >= 0.6 is 0 Å². The van der Waals surface area contributed by atoms with E-state index in [-0.39, 0.29) is 0 Å². The highest BCUT2D eigenvalue weighted by Crippen LogP contribution is 2.29. The molecule has 1 radical (unpaired) electrons. The molecule has 1 aliphatic heterocycles. The number of unbranched alkanes of at least 4 members (excludes halogenated alkanes) is 2. The molecule has 2 atom stereocenters. The molecule has 1 heterocycles. The fourth-order valence-corrected chi connectivity index (χ4v) is 2.66. The van der Waals surface area contributed by atoms with E-state index in [4.69, 9.17) is 4.74 Å². The van der Waals surface area contributed by atoms with Gasteiger partial charge >= 0.3 is 0 Å². The van der Waals surface area contributed by atoms with Gasteiger partial charge in [-0.2, -0.15) is 0 Å². The minimum absolute atomic E-state index is 0.544. The third-order valence-corrected chi connectivity index (χ3v) is 3.96. The summed E-state index contributed by atoms with van der Waals surface area (Å²) in [6.07, 6.45) is 9.59. The van der Waals surface area contributed by atoms with E-state index in [1.165, 1.54) is 50.5 Å². The summed E-state index contributed by atoms with van der Waals surface area (Å²) in [4.78, 5) is 0. The molecule has 2 rings (SSSR count). The van der Waals surface area contributed by atoms with Crippen molar-refractivity contribution < 1.29 is 4.74 Å². The van der Waals surface area contributed by atoms with E-state index in [0.717, 1.165) is 6.61 Å². The summed E-state index contributed by atoms with van der Waals surface area (Å²) in [5, 5.41) is 0. The van der Waals surface area contributed by atoms with Crippen molar-refractivity contribution >= 4 is 0 Å². The van der Waals surface area contributed by atoms with Crippen LogP contribution in [0, 0.1) is 6.07 Å². The molecule has 1 nitrogen and oxygen atoms in total. The lowest BCUT2D eigenvalue weighted by atomic mass is 9.87. The Morgan fingerprint density at radius 1 is 1.33 bits per heavy atom. The quantitative estimate of drug-likeness (QED) is 0.602. The second-order valence-corrected chi connectivity index (χ2v) is 5.37. The highest BCUT2D eigenvalue weighted by molar-refractivity contribution is 5.17. The summed E-state index contributed by atoms with van der Waals surface area (Å²) in [5.74, 6) is 0.682. The lowest BCUT2D eigenvalue weighted by Crippen LogP contribution is -2.26. The van der Waals surface area contributed by atoms with Gasteiger partial charge in [0, 0.05) is 6.61 Å². The first-order chi connectivity index (χ1) is 8.90. The van der Waals surface area contributed by atoms with E-state index in [1.54, 1.807) is 0 Å². The molecule has 0 bridgehead atoms. The Labute approximate surface area is 112 Å². The molecule has 1 saturated heterocycles. The van der Waals surface area contributed by atoms with E-state index in [2.05, 4.69) is 31.2 Å². The van der Waals surface area contributed by atoms with Crippen LogP contribution in [0.4, 0.5) is 0 Å². The van der Waals surface area contributed by atoms with E-state index >= 15 is 0 Å². The van der Waals surface area contributed by atoms with Gasteiger partial charge in [-0.1, -0.05) is 50.5 Å². The van der Waals surface area contributed by atoms with Crippen LogP contribution in [0.1, 0.15) is 63.4 Å². The maximum atomic E-state index is 5.53. The lowest BCUT2D eigenvalue weighted by molar-refractivity contribution is -0.0562. The van der Waals surface area contributed by atoms with Crippen molar-refractivity contribution in [3.63, 3.8) is 0 Å². The monoisotopic (exact) mass is 245 g/mol. The van der Waals surface area contributed by atoms with Crippen molar-refractivity contribution in [1.82, 2.24) is 0 Å². The van der Waals surface area contributed by atoms with E-state index < -0.39 is 0 Å². The molecule has 0 amide bonds. The highest BCUT2D eigenvalue weighted by Gasteiger charge is 2.20. The topological polar surface area (TPSA) is 9.23 Å². The molecule has 1 fully saturated rings. The summed E-state index contributed by atoms with van der Waals surface area (Å²) in [5.41, 5.74) is 1.40. The van der Waals surface area contributed by atoms with Crippen LogP contribution in [0.3, 0.4) is 0 Å². The van der Waals surface area contributed by atoms with Gasteiger partial charge in [-0.25, -0.2) is 0 Å². The zero-order valence-electron chi connectivity index (χ0n) is 11.5. The van der Waals surface area contributed by atoms with Gasteiger partial charge in [0.2, 0.25) is 0 Å². The molecule has 18 heavy (non-hydrogen) atoms. The largest absolute Gasteiger partial charge is 0.378 e. The second kappa shape index (κ2) is 7.58. The Balaban J connectivity index is 1.84. The summed E-state index contributed by atoms with van der Waals surface area (Å²) in [6.45, 7) is 3.24. The molecule has 99 valence electrons. The van der Waals surface area contributed by atoms with Gasteiger partial charge in [-0.05, 0) is 43.2 Å². The molecule has 0 spiro atoms. The first-order valence-corrected chi connectivity index (χ1v) is 7.48. The summed E-state index contributed by atoms with van der Waals surface area (Å²) in [6, 6.07) is 11.9. The fourth-order valence-electron chi connectivity index (χ4n) is 2.66. The molecule has 1 aliphatic rings. The van der Waals surface area contributed by atoms with Crippen LogP contribution in [0.25, 0.3) is 0 Å². The predicted octanol–water partition coefficient (Wildman–Crippen LogP) is 4.72. The minimum atomic E-state index is 0.544. The fraction of sp³-hybridized carbons (Fsp3) is 0.647. The second-order valence-electron chi connectivity index (χ2n) is 5.37. The standard InChI is InChI=1S/C17H25O/c1-2-3-5-8-16(11-12-17-13-14-18-17)15-9-6-4-7-10-15/h4,6-7,9,16-17H,2-3,5,8,11-14H2,1H3. The van der Waals surface area contributed by atoms with Gasteiger partial charge in [-0.3, -0.25) is 0 Å². The number of rotatable bonds is 8. The number of ether oxygens (including phenoxy) is 1. The smallest absolute Gasteiger partial charge is 0.0597 e. The normalized spacial score (nSPS) is 20.4. The van der Waals surface area contributed by atoms with E-state index in [1.807, 2.05) is 6.07 Å².